The number of aromatic nitrogens is 1. The van der Waals surface area contributed by atoms with Crippen molar-refractivity contribution in [2.75, 3.05) is 52.3 Å². The van der Waals surface area contributed by atoms with Gasteiger partial charge >= 0.3 is 0 Å². The molecule has 2 saturated carbocycles. The number of fused-ring (bicyclic) bond motifs is 3. The van der Waals surface area contributed by atoms with Crippen molar-refractivity contribution in [1.29, 1.82) is 0 Å². The van der Waals surface area contributed by atoms with E-state index in [-0.39, 0.29) is 61.5 Å². The number of rotatable bonds is 14. The van der Waals surface area contributed by atoms with Gasteiger partial charge < -0.3 is 43.8 Å². The Bertz CT molecular complexity index is 2210. The molecule has 15 nitrogen and oxygen atoms in total. The van der Waals surface area contributed by atoms with E-state index in [1.54, 1.807) is 19.2 Å². The Hall–Kier alpha value is -5.73. The number of methoxy groups -OCH3 is 2. The van der Waals surface area contributed by atoms with E-state index in [0.717, 1.165) is 66.7 Å². The van der Waals surface area contributed by atoms with Crippen LogP contribution < -0.4 is 33.9 Å². The Morgan fingerprint density at radius 3 is 2.46 bits per heavy atom. The molecule has 3 aromatic rings. The highest BCUT2D eigenvalue weighted by Gasteiger charge is 2.45. The molecule has 3 atom stereocenters. The molecule has 3 amide bonds. The topological polar surface area (TPSA) is 160 Å². The summed E-state index contributed by atoms with van der Waals surface area (Å²) in [4.78, 5) is 54.6. The molecule has 1 saturated heterocycles. The second-order valence-electron chi connectivity index (χ2n) is 17.4. The van der Waals surface area contributed by atoms with Crippen molar-refractivity contribution in [2.45, 2.75) is 96.2 Å². The first kappa shape index (κ1) is 40.7. The van der Waals surface area contributed by atoms with Gasteiger partial charge in [-0.15, -0.1) is 0 Å². The fourth-order valence-electron chi connectivity index (χ4n) is 9.66. The Kier molecular flexibility index (Phi) is 11.6. The number of ether oxygens (including phenoxy) is 5. The minimum atomic E-state index is -0.671. The normalized spacial score (nSPS) is 21.7. The molecule has 9 rings (SSSR count). The van der Waals surface area contributed by atoms with Gasteiger partial charge in [0.2, 0.25) is 24.5 Å². The van der Waals surface area contributed by atoms with Crippen LogP contribution in [0.2, 0.25) is 0 Å². The molecule has 2 aliphatic carbocycles. The molecular weight excluding hydrogens is 779 g/mol. The van der Waals surface area contributed by atoms with E-state index in [9.17, 15) is 14.4 Å². The molecule has 2 N–H and O–H groups in total. The summed E-state index contributed by atoms with van der Waals surface area (Å²) in [6.45, 7) is 5.67. The molecule has 1 aromatic heterocycles. The van der Waals surface area contributed by atoms with Crippen molar-refractivity contribution < 1.29 is 38.1 Å². The van der Waals surface area contributed by atoms with Gasteiger partial charge in [0.25, 0.3) is 0 Å². The highest BCUT2D eigenvalue weighted by molar-refractivity contribution is 6.19. The number of nitrogens with one attached hydrogen (secondary N) is 2. The van der Waals surface area contributed by atoms with E-state index in [0.29, 0.717) is 79.3 Å². The van der Waals surface area contributed by atoms with Crippen molar-refractivity contribution in [2.24, 2.45) is 27.8 Å². The first-order chi connectivity index (χ1) is 29.7. The van der Waals surface area contributed by atoms with E-state index >= 15 is 0 Å². The first-order valence-electron chi connectivity index (χ1n) is 22.0. The average molecular weight is 836 g/mol. The molecule has 0 unspecified atom stereocenters. The summed E-state index contributed by atoms with van der Waals surface area (Å²) in [5.41, 5.74) is 4.79. The van der Waals surface area contributed by atoms with E-state index in [1.807, 2.05) is 66.2 Å². The van der Waals surface area contributed by atoms with Crippen LogP contribution in [0.1, 0.15) is 94.9 Å². The highest BCUT2D eigenvalue weighted by Crippen LogP contribution is 2.45. The van der Waals surface area contributed by atoms with Crippen LogP contribution in [-0.2, 0) is 14.4 Å². The van der Waals surface area contributed by atoms with Crippen LogP contribution in [0.3, 0.4) is 0 Å². The molecule has 2 aromatic carbocycles. The lowest BCUT2D eigenvalue weighted by molar-refractivity contribution is -0.143. The molecule has 5 heterocycles. The number of piperidine rings is 1. The van der Waals surface area contributed by atoms with Crippen molar-refractivity contribution in [3.63, 3.8) is 0 Å². The summed E-state index contributed by atoms with van der Waals surface area (Å²) in [6, 6.07) is 10.8. The number of anilines is 1. The van der Waals surface area contributed by atoms with Crippen molar-refractivity contribution in [1.82, 2.24) is 20.2 Å². The largest absolute Gasteiger partial charge is 0.493 e. The summed E-state index contributed by atoms with van der Waals surface area (Å²) in [5, 5.41) is 9.86. The number of nitrogens with zero attached hydrogens (tertiary/aromatic N) is 5. The first-order valence-corrected chi connectivity index (χ1v) is 22.0. The zero-order valence-corrected chi connectivity index (χ0v) is 35.6. The van der Waals surface area contributed by atoms with Crippen molar-refractivity contribution in [3.8, 4) is 28.7 Å². The van der Waals surface area contributed by atoms with Gasteiger partial charge in [0.1, 0.15) is 24.2 Å². The molecular formula is C46H57N7O8. The van der Waals surface area contributed by atoms with Gasteiger partial charge in [0, 0.05) is 49.1 Å². The maximum absolute atomic E-state index is 14.9. The lowest BCUT2D eigenvalue weighted by atomic mass is 9.73. The highest BCUT2D eigenvalue weighted by atomic mass is 16.7. The summed E-state index contributed by atoms with van der Waals surface area (Å²) >= 11 is 0. The number of H-pyrrole nitrogens is 1. The number of aromatic amines is 1. The maximum atomic E-state index is 14.9. The molecule has 0 spiro atoms. The van der Waals surface area contributed by atoms with Crippen LogP contribution in [0.15, 0.2) is 52.7 Å². The number of hydrogen-bond donors (Lipinski definition) is 2. The van der Waals surface area contributed by atoms with Gasteiger partial charge in [0.15, 0.2) is 23.0 Å². The monoisotopic (exact) mass is 835 g/mol. The van der Waals surface area contributed by atoms with Crippen LogP contribution >= 0.6 is 0 Å². The molecule has 6 aliphatic rings. The van der Waals surface area contributed by atoms with E-state index in [2.05, 4.69) is 10.3 Å². The lowest BCUT2D eigenvalue weighted by Gasteiger charge is -2.44. The minimum absolute atomic E-state index is 0.0226. The molecule has 61 heavy (non-hydrogen) atoms. The number of carbonyl (C=O) groups excluding carboxylic acids is 3. The van der Waals surface area contributed by atoms with Crippen LogP contribution in [0.5, 0.6) is 28.7 Å². The molecule has 15 heteroatoms. The number of carbonyl (C=O) groups is 3. The Morgan fingerprint density at radius 2 is 1.70 bits per heavy atom. The number of amides is 3. The van der Waals surface area contributed by atoms with Gasteiger partial charge in [-0.25, -0.2) is 5.01 Å². The fraction of sp³-hybridized carbons (Fsp3) is 0.543. The summed E-state index contributed by atoms with van der Waals surface area (Å²) < 4.78 is 29.3. The van der Waals surface area contributed by atoms with Gasteiger partial charge in [-0.05, 0) is 101 Å². The zero-order chi connectivity index (χ0) is 42.2. The van der Waals surface area contributed by atoms with E-state index in [1.165, 1.54) is 0 Å². The summed E-state index contributed by atoms with van der Waals surface area (Å²) in [7, 11) is 3.24. The quantitative estimate of drug-likeness (QED) is 0.202. The molecule has 4 aliphatic heterocycles. The van der Waals surface area contributed by atoms with E-state index < -0.39 is 6.04 Å². The SMILES string of the molecule is COc1ccc(C2=NN(C3CCN(C(=O)[C@H](CCC(=O)NC(C)C)N4CN=C(c5c(OCC6CC6)ccc6c5OCO6)c5[nH]ccc54)CC3)C(=O)[C@@H]3CCCC[C@H]23)cc1OC. The van der Waals surface area contributed by atoms with Crippen molar-refractivity contribution >= 4 is 34.8 Å². The van der Waals surface area contributed by atoms with Gasteiger partial charge in [-0.1, -0.05) is 12.8 Å². The van der Waals surface area contributed by atoms with Gasteiger partial charge in [-0.3, -0.25) is 19.4 Å². The number of aliphatic imine (C=N–C) groups is 1. The Labute approximate surface area is 356 Å². The number of hydrogen-bond acceptors (Lipinski definition) is 11. The number of hydrazone groups is 1. The predicted molar refractivity (Wildman–Crippen MR) is 229 cm³/mol. The molecule has 3 fully saturated rings. The van der Waals surface area contributed by atoms with Gasteiger partial charge in [-0.2, -0.15) is 5.10 Å². The maximum Gasteiger partial charge on any atom is 0.246 e. The van der Waals surface area contributed by atoms with Gasteiger partial charge in [0.05, 0.1) is 49.5 Å². The predicted octanol–water partition coefficient (Wildman–Crippen LogP) is 5.88. The van der Waals surface area contributed by atoms with Crippen molar-refractivity contribution in [3.05, 3.63) is 59.4 Å². The lowest BCUT2D eigenvalue weighted by Crippen LogP contribution is -2.56. The smallest absolute Gasteiger partial charge is 0.246 e. The van der Waals surface area contributed by atoms with E-state index in [4.69, 9.17) is 33.8 Å². The fourth-order valence-corrected chi connectivity index (χ4v) is 9.66. The third-order valence-corrected chi connectivity index (χ3v) is 13.0. The molecule has 0 radical (unpaired) electrons. The third kappa shape index (κ3) is 8.10. The number of benzene rings is 2. The second kappa shape index (κ2) is 17.3. The standard InChI is InChI=1S/C46H57N7O8/c1-27(2)49-39(54)16-12-34(52-25-48-43(42-33(52)17-20-47-42)40-36(59-24-28-9-10-28)14-15-37-44(40)61-26-60-37)46(56)51-21-18-30(19-22-51)53-45(55)32-8-6-5-7-31(32)41(50-53)29-11-13-35(57-3)38(23-29)58-4/h11,13-15,17,20,23,27-28,30-32,34,47H,5-10,12,16,18-19,21-22,24-26H2,1-4H3,(H,49,54)/t31-,32+,34-/m0/s1. The molecule has 0 bridgehead atoms. The zero-order valence-electron chi connectivity index (χ0n) is 35.6. The van der Waals surface area contributed by atoms with Crippen LogP contribution in [0.4, 0.5) is 5.69 Å². The van der Waals surface area contributed by atoms with Crippen LogP contribution in [-0.4, -0.2) is 110 Å². The summed E-state index contributed by atoms with van der Waals surface area (Å²) in [6.07, 6.45) is 9.63. The Morgan fingerprint density at radius 1 is 0.934 bits per heavy atom. The van der Waals surface area contributed by atoms with Crippen LogP contribution in [0, 0.1) is 17.8 Å². The minimum Gasteiger partial charge on any atom is -0.493 e. The number of likely N-dealkylation sites (tertiary alicyclic amines) is 1. The Balaban J connectivity index is 0.965. The average Bonchev–Trinajstić information content (AvgIpc) is 3.74. The summed E-state index contributed by atoms with van der Waals surface area (Å²) in [5.74, 6) is 3.53. The van der Waals surface area contributed by atoms with Crippen LogP contribution in [0.25, 0.3) is 0 Å². The third-order valence-electron chi connectivity index (χ3n) is 13.0. The second-order valence-corrected chi connectivity index (χ2v) is 17.4. The molecule has 324 valence electrons.